The van der Waals surface area contributed by atoms with E-state index in [1.165, 1.54) is 23.1 Å². The molecule has 0 aromatic heterocycles. The van der Waals surface area contributed by atoms with E-state index in [0.717, 1.165) is 5.56 Å². The Bertz CT molecular complexity index is 592. The lowest BCUT2D eigenvalue weighted by Gasteiger charge is -2.32. The average Bonchev–Trinajstić information content (AvgIpc) is 2.45. The molecule has 0 aliphatic carbocycles. The number of nitrogens with one attached hydrogen (secondary N) is 1. The van der Waals surface area contributed by atoms with Gasteiger partial charge in [0.15, 0.2) is 0 Å². The topological polar surface area (TPSA) is 86.7 Å². The van der Waals surface area contributed by atoms with E-state index in [2.05, 4.69) is 5.32 Å². The Morgan fingerprint density at radius 2 is 2.05 bits per heavy atom. The molecular formula is C15H16N2O4. The molecule has 21 heavy (non-hydrogen) atoms. The van der Waals surface area contributed by atoms with E-state index in [4.69, 9.17) is 0 Å². The van der Waals surface area contributed by atoms with Gasteiger partial charge in [-0.05, 0) is 30.2 Å². The predicted octanol–water partition coefficient (Wildman–Crippen LogP) is 0.669. The first-order valence-corrected chi connectivity index (χ1v) is 6.62. The van der Waals surface area contributed by atoms with Crippen LogP contribution < -0.4 is 5.32 Å². The highest BCUT2D eigenvalue weighted by Crippen LogP contribution is 2.13. The maximum atomic E-state index is 12.2. The number of rotatable bonds is 3. The number of piperazine rings is 1. The minimum Gasteiger partial charge on any atom is -0.508 e. The molecule has 110 valence electrons. The molecule has 1 aliphatic heterocycles. The molecule has 0 spiro atoms. The number of benzene rings is 1. The zero-order valence-electron chi connectivity index (χ0n) is 11.6. The molecular weight excluding hydrogens is 272 g/mol. The summed E-state index contributed by atoms with van der Waals surface area (Å²) in [5.74, 6) is -1.17. The van der Waals surface area contributed by atoms with E-state index >= 15 is 0 Å². The molecule has 1 aromatic carbocycles. The van der Waals surface area contributed by atoms with Gasteiger partial charge in [-0.2, -0.15) is 0 Å². The van der Waals surface area contributed by atoms with Gasteiger partial charge in [-0.25, -0.2) is 0 Å². The number of imide groups is 1. The number of phenolic OH excluding ortho intramolecular Hbond substituents is 1. The fourth-order valence-electron chi connectivity index (χ4n) is 2.15. The van der Waals surface area contributed by atoms with Crippen LogP contribution in [0.2, 0.25) is 0 Å². The Balaban J connectivity index is 2.12. The number of hydrogen-bond acceptors (Lipinski definition) is 4. The fraction of sp³-hybridized carbons (Fsp3) is 0.267. The van der Waals surface area contributed by atoms with Gasteiger partial charge in [0.1, 0.15) is 18.3 Å². The molecule has 1 atom stereocenters. The van der Waals surface area contributed by atoms with Gasteiger partial charge in [-0.1, -0.05) is 19.1 Å². The molecule has 3 amide bonds. The first kappa shape index (κ1) is 14.8. The zero-order valence-corrected chi connectivity index (χ0v) is 11.6. The second-order valence-corrected chi connectivity index (χ2v) is 4.73. The van der Waals surface area contributed by atoms with Crippen molar-refractivity contribution in [1.82, 2.24) is 10.2 Å². The van der Waals surface area contributed by atoms with Crippen molar-refractivity contribution < 1.29 is 19.5 Å². The molecule has 1 aromatic rings. The summed E-state index contributed by atoms with van der Waals surface area (Å²) in [6.45, 7) is 1.66. The van der Waals surface area contributed by atoms with Crippen LogP contribution >= 0.6 is 0 Å². The zero-order chi connectivity index (χ0) is 15.4. The molecule has 6 heteroatoms. The molecule has 1 unspecified atom stereocenters. The largest absolute Gasteiger partial charge is 0.508 e. The average molecular weight is 288 g/mol. The number of amides is 3. The van der Waals surface area contributed by atoms with Gasteiger partial charge >= 0.3 is 0 Å². The Hall–Kier alpha value is -2.63. The SMILES string of the molecule is CCC1C(=O)NC(=O)CN1C(=O)C=Cc1ccc(O)cc1. The van der Waals surface area contributed by atoms with E-state index in [-0.39, 0.29) is 12.3 Å². The van der Waals surface area contributed by atoms with Crippen LogP contribution in [0.1, 0.15) is 18.9 Å². The maximum absolute atomic E-state index is 12.2. The lowest BCUT2D eigenvalue weighted by Crippen LogP contribution is -2.59. The van der Waals surface area contributed by atoms with Crippen LogP contribution in [-0.2, 0) is 14.4 Å². The number of aromatic hydroxyl groups is 1. The molecule has 2 rings (SSSR count). The van der Waals surface area contributed by atoms with Crippen LogP contribution in [0.5, 0.6) is 5.75 Å². The van der Waals surface area contributed by atoms with Crippen molar-refractivity contribution in [2.45, 2.75) is 19.4 Å². The van der Waals surface area contributed by atoms with Crippen molar-refractivity contribution in [2.24, 2.45) is 0 Å². The van der Waals surface area contributed by atoms with Crippen LogP contribution in [0.25, 0.3) is 6.08 Å². The molecule has 1 saturated heterocycles. The molecule has 2 N–H and O–H groups in total. The monoisotopic (exact) mass is 288 g/mol. The summed E-state index contributed by atoms with van der Waals surface area (Å²) in [7, 11) is 0. The van der Waals surface area contributed by atoms with Gasteiger partial charge in [-0.3, -0.25) is 19.7 Å². The van der Waals surface area contributed by atoms with Crippen LogP contribution in [0, 0.1) is 0 Å². The van der Waals surface area contributed by atoms with Crippen LogP contribution in [0.4, 0.5) is 0 Å². The normalized spacial score (nSPS) is 18.9. The Kier molecular flexibility index (Phi) is 4.37. The van der Waals surface area contributed by atoms with Crippen molar-refractivity contribution in [2.75, 3.05) is 6.54 Å². The minimum absolute atomic E-state index is 0.122. The van der Waals surface area contributed by atoms with E-state index in [1.54, 1.807) is 25.1 Å². The minimum atomic E-state index is -0.625. The standard InChI is InChI=1S/C15H16N2O4/c1-2-12-15(21)16-13(19)9-17(12)14(20)8-5-10-3-6-11(18)7-4-10/h3-8,12,18H,2,9H2,1H3,(H,16,19,21). The van der Waals surface area contributed by atoms with Gasteiger partial charge in [0.05, 0.1) is 0 Å². The van der Waals surface area contributed by atoms with Crippen molar-refractivity contribution >= 4 is 23.8 Å². The van der Waals surface area contributed by atoms with Crippen LogP contribution in [-0.4, -0.2) is 40.3 Å². The van der Waals surface area contributed by atoms with Crippen molar-refractivity contribution in [3.8, 4) is 5.75 Å². The second kappa shape index (κ2) is 6.21. The van der Waals surface area contributed by atoms with Crippen LogP contribution in [0.15, 0.2) is 30.3 Å². The first-order valence-electron chi connectivity index (χ1n) is 6.62. The quantitative estimate of drug-likeness (QED) is 0.632. The summed E-state index contributed by atoms with van der Waals surface area (Å²) in [4.78, 5) is 36.5. The lowest BCUT2D eigenvalue weighted by molar-refractivity contribution is -0.147. The third-order valence-electron chi connectivity index (χ3n) is 3.24. The molecule has 0 radical (unpaired) electrons. The number of carbonyl (C=O) groups excluding carboxylic acids is 3. The summed E-state index contributed by atoms with van der Waals surface area (Å²) in [6.07, 6.45) is 3.34. The van der Waals surface area contributed by atoms with Gasteiger partial charge < -0.3 is 10.0 Å². The molecule has 0 saturated carbocycles. The summed E-state index contributed by atoms with van der Waals surface area (Å²) < 4.78 is 0. The molecule has 0 bridgehead atoms. The predicted molar refractivity (Wildman–Crippen MR) is 76.1 cm³/mol. The summed E-state index contributed by atoms with van der Waals surface area (Å²) in [5, 5.41) is 11.4. The van der Waals surface area contributed by atoms with Crippen molar-refractivity contribution in [3.63, 3.8) is 0 Å². The third kappa shape index (κ3) is 3.47. The molecule has 1 aliphatic rings. The maximum Gasteiger partial charge on any atom is 0.249 e. The highest BCUT2D eigenvalue weighted by molar-refractivity contribution is 6.06. The van der Waals surface area contributed by atoms with Gasteiger partial charge in [0.2, 0.25) is 17.7 Å². The van der Waals surface area contributed by atoms with Gasteiger partial charge in [0.25, 0.3) is 0 Å². The lowest BCUT2D eigenvalue weighted by atomic mass is 10.1. The van der Waals surface area contributed by atoms with Crippen LogP contribution in [0.3, 0.4) is 0 Å². The van der Waals surface area contributed by atoms with E-state index in [9.17, 15) is 19.5 Å². The van der Waals surface area contributed by atoms with E-state index in [1.807, 2.05) is 0 Å². The van der Waals surface area contributed by atoms with E-state index < -0.39 is 23.8 Å². The highest BCUT2D eigenvalue weighted by Gasteiger charge is 2.34. The molecule has 1 fully saturated rings. The Morgan fingerprint density at radius 1 is 1.38 bits per heavy atom. The Morgan fingerprint density at radius 3 is 2.67 bits per heavy atom. The van der Waals surface area contributed by atoms with Gasteiger partial charge in [0, 0.05) is 6.08 Å². The Labute approximate surface area is 122 Å². The summed E-state index contributed by atoms with van der Waals surface area (Å²) in [6, 6.07) is 5.71. The summed E-state index contributed by atoms with van der Waals surface area (Å²) >= 11 is 0. The molecule has 1 heterocycles. The summed E-state index contributed by atoms with van der Waals surface area (Å²) in [5.41, 5.74) is 0.738. The van der Waals surface area contributed by atoms with Crippen molar-refractivity contribution in [1.29, 1.82) is 0 Å². The van der Waals surface area contributed by atoms with Gasteiger partial charge in [-0.15, -0.1) is 0 Å². The highest BCUT2D eigenvalue weighted by atomic mass is 16.3. The van der Waals surface area contributed by atoms with Crippen molar-refractivity contribution in [3.05, 3.63) is 35.9 Å². The molecule has 6 nitrogen and oxygen atoms in total. The second-order valence-electron chi connectivity index (χ2n) is 4.73. The number of carbonyl (C=O) groups is 3. The van der Waals surface area contributed by atoms with E-state index in [0.29, 0.717) is 6.42 Å². The number of nitrogens with zero attached hydrogens (tertiary/aromatic N) is 1. The fourth-order valence-corrected chi connectivity index (χ4v) is 2.15. The third-order valence-corrected chi connectivity index (χ3v) is 3.24. The first-order chi connectivity index (χ1) is 10.0. The number of phenols is 1. The number of hydrogen-bond donors (Lipinski definition) is 2. The smallest absolute Gasteiger partial charge is 0.249 e.